The number of likely N-dealkylation sites (tertiary alicyclic amines) is 1. The zero-order chi connectivity index (χ0) is 21.1. The first-order valence-electron chi connectivity index (χ1n) is 9.44. The van der Waals surface area contributed by atoms with E-state index >= 15 is 0 Å². The molecule has 150 valence electrons. The van der Waals surface area contributed by atoms with Gasteiger partial charge in [0.2, 0.25) is 5.91 Å². The Morgan fingerprint density at radius 1 is 1.20 bits per heavy atom. The van der Waals surface area contributed by atoms with Gasteiger partial charge in [-0.3, -0.25) is 14.6 Å². The van der Waals surface area contributed by atoms with Crippen molar-refractivity contribution < 1.29 is 14.0 Å². The highest BCUT2D eigenvalue weighted by Crippen LogP contribution is 2.23. The molecular formula is C22H18FN5O2. The summed E-state index contributed by atoms with van der Waals surface area (Å²) in [5.74, 6) is -1.44. The zero-order valence-electron chi connectivity index (χ0n) is 15.9. The molecule has 8 heteroatoms. The predicted octanol–water partition coefficient (Wildman–Crippen LogP) is 3.19. The van der Waals surface area contributed by atoms with Crippen molar-refractivity contribution in [1.29, 1.82) is 5.26 Å². The summed E-state index contributed by atoms with van der Waals surface area (Å²) in [5.41, 5.74) is 2.43. The molecule has 1 saturated heterocycles. The number of carbonyl (C=O) groups is 2. The summed E-state index contributed by atoms with van der Waals surface area (Å²) >= 11 is 0. The summed E-state index contributed by atoms with van der Waals surface area (Å²) in [6.45, 7) is 0.758. The van der Waals surface area contributed by atoms with Crippen molar-refractivity contribution in [2.75, 3.05) is 18.4 Å². The van der Waals surface area contributed by atoms with E-state index in [0.717, 1.165) is 17.3 Å². The van der Waals surface area contributed by atoms with E-state index in [9.17, 15) is 14.0 Å². The fourth-order valence-corrected chi connectivity index (χ4v) is 3.48. The number of hydrogen-bond acceptors (Lipinski definition) is 4. The van der Waals surface area contributed by atoms with Crippen LogP contribution in [0.2, 0.25) is 0 Å². The number of aromatic amines is 1. The fourth-order valence-electron chi connectivity index (χ4n) is 3.48. The quantitative estimate of drug-likeness (QED) is 0.698. The largest absolute Gasteiger partial charge is 0.351 e. The lowest BCUT2D eigenvalue weighted by atomic mass is 10.1. The summed E-state index contributed by atoms with van der Waals surface area (Å²) in [6.07, 6.45) is 3.89. The van der Waals surface area contributed by atoms with E-state index in [0.29, 0.717) is 30.9 Å². The predicted molar refractivity (Wildman–Crippen MR) is 108 cm³/mol. The number of pyridine rings is 1. The number of H-pyrrole nitrogens is 1. The molecule has 3 heterocycles. The number of benzene rings is 1. The van der Waals surface area contributed by atoms with Crippen LogP contribution in [0.3, 0.4) is 0 Å². The average molecular weight is 403 g/mol. The second-order valence-electron chi connectivity index (χ2n) is 7.05. The maximum absolute atomic E-state index is 13.4. The van der Waals surface area contributed by atoms with E-state index in [1.807, 2.05) is 18.2 Å². The highest BCUT2D eigenvalue weighted by Gasteiger charge is 2.32. The lowest BCUT2D eigenvalue weighted by Crippen LogP contribution is -2.31. The average Bonchev–Trinajstić information content (AvgIpc) is 3.45. The third-order valence-corrected chi connectivity index (χ3v) is 5.11. The Balaban J connectivity index is 1.39. The van der Waals surface area contributed by atoms with E-state index in [-0.39, 0.29) is 23.3 Å². The van der Waals surface area contributed by atoms with Crippen LogP contribution in [-0.2, 0) is 4.79 Å². The van der Waals surface area contributed by atoms with E-state index in [1.54, 1.807) is 29.4 Å². The van der Waals surface area contributed by atoms with Crippen LogP contribution in [0.4, 0.5) is 10.1 Å². The number of carbonyl (C=O) groups excluding carboxylic acids is 2. The van der Waals surface area contributed by atoms with Gasteiger partial charge in [-0.25, -0.2) is 4.39 Å². The van der Waals surface area contributed by atoms with E-state index in [4.69, 9.17) is 5.26 Å². The Kier molecular flexibility index (Phi) is 5.26. The number of nitrogens with zero attached hydrogens (tertiary/aromatic N) is 3. The van der Waals surface area contributed by atoms with Gasteiger partial charge in [0.15, 0.2) is 0 Å². The molecule has 3 aromatic rings. The molecule has 2 N–H and O–H groups in total. The number of amides is 2. The number of halogens is 1. The Hall–Kier alpha value is -3.99. The molecular weight excluding hydrogens is 385 g/mol. The first kappa shape index (κ1) is 19.3. The molecule has 2 aromatic heterocycles. The normalized spacial score (nSPS) is 15.6. The monoisotopic (exact) mass is 403 g/mol. The lowest BCUT2D eigenvalue weighted by molar-refractivity contribution is -0.119. The number of hydrogen-bond donors (Lipinski definition) is 2. The summed E-state index contributed by atoms with van der Waals surface area (Å²) in [7, 11) is 0. The van der Waals surface area contributed by atoms with Crippen molar-refractivity contribution in [1.82, 2.24) is 14.9 Å². The first-order chi connectivity index (χ1) is 14.5. The Morgan fingerprint density at radius 2 is 2.00 bits per heavy atom. The molecule has 0 radical (unpaired) electrons. The van der Waals surface area contributed by atoms with Gasteiger partial charge in [0.1, 0.15) is 17.6 Å². The molecule has 1 aliphatic rings. The zero-order valence-corrected chi connectivity index (χ0v) is 15.9. The Labute approximate surface area is 172 Å². The van der Waals surface area contributed by atoms with Gasteiger partial charge in [0.05, 0.1) is 11.5 Å². The van der Waals surface area contributed by atoms with Crippen LogP contribution in [0.25, 0.3) is 11.3 Å². The van der Waals surface area contributed by atoms with Crippen LogP contribution < -0.4 is 5.32 Å². The van der Waals surface area contributed by atoms with Crippen molar-refractivity contribution >= 4 is 17.5 Å². The van der Waals surface area contributed by atoms with Gasteiger partial charge in [-0.2, -0.15) is 5.26 Å². The minimum absolute atomic E-state index is 0.132. The van der Waals surface area contributed by atoms with Crippen LogP contribution in [-0.4, -0.2) is 39.8 Å². The summed E-state index contributed by atoms with van der Waals surface area (Å²) in [4.78, 5) is 34.1. The second-order valence-corrected chi connectivity index (χ2v) is 7.05. The van der Waals surface area contributed by atoms with E-state index < -0.39 is 5.82 Å². The molecule has 1 atom stereocenters. The van der Waals surface area contributed by atoms with Crippen LogP contribution in [0.15, 0.2) is 54.9 Å². The number of nitriles is 1. The fraction of sp³-hybridized carbons (Fsp3) is 0.182. The van der Waals surface area contributed by atoms with Gasteiger partial charge in [-0.15, -0.1) is 0 Å². The standard InChI is InChI=1S/C22H18FN5O2/c23-18-2-1-17(11-16(18)12-24)26-21(29)15-7-10-28(13-15)22(30)20-4-3-19(27-20)14-5-8-25-9-6-14/h1-6,8-9,11,15,27H,7,10,13H2,(H,26,29)/t15-/m0/s1. The molecule has 1 aliphatic heterocycles. The van der Waals surface area contributed by atoms with Crippen molar-refractivity contribution in [3.63, 3.8) is 0 Å². The van der Waals surface area contributed by atoms with Gasteiger partial charge in [-0.1, -0.05) is 0 Å². The molecule has 30 heavy (non-hydrogen) atoms. The number of anilines is 1. The SMILES string of the molecule is N#Cc1cc(NC(=O)[C@H]2CCN(C(=O)c3ccc(-c4ccncc4)[nH]3)C2)ccc1F. The molecule has 0 aliphatic carbocycles. The molecule has 0 unspecified atom stereocenters. The highest BCUT2D eigenvalue weighted by atomic mass is 19.1. The molecule has 4 rings (SSSR count). The molecule has 0 bridgehead atoms. The third-order valence-electron chi connectivity index (χ3n) is 5.11. The summed E-state index contributed by atoms with van der Waals surface area (Å²) in [5, 5.41) is 11.6. The van der Waals surface area contributed by atoms with Crippen molar-refractivity contribution in [2.45, 2.75) is 6.42 Å². The second kappa shape index (κ2) is 8.17. The van der Waals surface area contributed by atoms with Crippen molar-refractivity contribution in [3.8, 4) is 17.3 Å². The van der Waals surface area contributed by atoms with E-state index in [2.05, 4.69) is 15.3 Å². The number of aromatic nitrogens is 2. The Bertz CT molecular complexity index is 1140. The summed E-state index contributed by atoms with van der Waals surface area (Å²) < 4.78 is 13.4. The molecule has 7 nitrogen and oxygen atoms in total. The smallest absolute Gasteiger partial charge is 0.270 e. The Morgan fingerprint density at radius 3 is 2.77 bits per heavy atom. The van der Waals surface area contributed by atoms with Crippen LogP contribution in [0, 0.1) is 23.1 Å². The van der Waals surface area contributed by atoms with Gasteiger partial charge < -0.3 is 15.2 Å². The van der Waals surface area contributed by atoms with Gasteiger partial charge in [-0.05, 0) is 48.9 Å². The first-order valence-corrected chi connectivity index (χ1v) is 9.44. The molecule has 0 spiro atoms. The maximum atomic E-state index is 13.4. The lowest BCUT2D eigenvalue weighted by Gasteiger charge is -2.16. The summed E-state index contributed by atoms with van der Waals surface area (Å²) in [6, 6.07) is 12.9. The van der Waals surface area contributed by atoms with Crippen LogP contribution in [0.1, 0.15) is 22.5 Å². The van der Waals surface area contributed by atoms with Crippen molar-refractivity contribution in [3.05, 3.63) is 71.9 Å². The number of rotatable bonds is 4. The molecule has 1 fully saturated rings. The molecule has 0 saturated carbocycles. The van der Waals surface area contributed by atoms with E-state index in [1.165, 1.54) is 12.1 Å². The van der Waals surface area contributed by atoms with Crippen LogP contribution >= 0.6 is 0 Å². The molecule has 1 aromatic carbocycles. The minimum Gasteiger partial charge on any atom is -0.351 e. The van der Waals surface area contributed by atoms with Gasteiger partial charge in [0.25, 0.3) is 5.91 Å². The van der Waals surface area contributed by atoms with Gasteiger partial charge >= 0.3 is 0 Å². The topological polar surface area (TPSA) is 102 Å². The van der Waals surface area contributed by atoms with Crippen LogP contribution in [0.5, 0.6) is 0 Å². The number of nitrogens with one attached hydrogen (secondary N) is 2. The minimum atomic E-state index is -0.634. The van der Waals surface area contributed by atoms with Gasteiger partial charge in [0, 0.05) is 42.4 Å². The highest BCUT2D eigenvalue weighted by molar-refractivity contribution is 5.96. The van der Waals surface area contributed by atoms with Crippen molar-refractivity contribution in [2.24, 2.45) is 5.92 Å². The maximum Gasteiger partial charge on any atom is 0.270 e. The third kappa shape index (κ3) is 3.91. The molecule has 2 amide bonds.